The summed E-state index contributed by atoms with van der Waals surface area (Å²) in [5.41, 5.74) is 3.00. The number of hydrogen-bond donors (Lipinski definition) is 0. The summed E-state index contributed by atoms with van der Waals surface area (Å²) in [6, 6.07) is 2.07. The Balaban J connectivity index is 0.000000771. The largest absolute Gasteiger partial charge is 0.336 e. The fourth-order valence-electron chi connectivity index (χ4n) is 1.93. The van der Waals surface area contributed by atoms with E-state index in [4.69, 9.17) is 4.52 Å². The maximum absolute atomic E-state index is 5.30. The van der Waals surface area contributed by atoms with Crippen LogP contribution in [0, 0.1) is 0 Å². The normalized spacial score (nSPS) is 12.4. The molecule has 0 radical (unpaired) electrons. The zero-order valence-corrected chi connectivity index (χ0v) is 12.3. The van der Waals surface area contributed by atoms with Crippen LogP contribution in [0.5, 0.6) is 0 Å². The Hall–Kier alpha value is -1.38. The predicted molar refractivity (Wildman–Crippen MR) is 75.9 cm³/mol. The van der Waals surface area contributed by atoms with Gasteiger partial charge in [-0.05, 0) is 24.0 Å². The van der Waals surface area contributed by atoms with E-state index >= 15 is 0 Å². The number of pyridine rings is 1. The molecule has 2 heterocycles. The zero-order valence-electron chi connectivity index (χ0n) is 12.3. The summed E-state index contributed by atoms with van der Waals surface area (Å²) in [5.74, 6) is 0.885. The van der Waals surface area contributed by atoms with Crippen LogP contribution in [-0.2, 0) is 0 Å². The van der Waals surface area contributed by atoms with Crippen molar-refractivity contribution in [2.24, 2.45) is 0 Å². The Morgan fingerprint density at radius 1 is 1.22 bits per heavy atom. The van der Waals surface area contributed by atoms with Crippen molar-refractivity contribution in [1.82, 2.24) is 10.1 Å². The van der Waals surface area contributed by atoms with E-state index in [0.29, 0.717) is 17.5 Å². The maximum Gasteiger partial charge on any atom is 0.258 e. The van der Waals surface area contributed by atoms with E-state index in [1.807, 2.05) is 13.8 Å². The molecule has 0 fully saturated rings. The molecule has 2 rings (SSSR count). The second-order valence-electron chi connectivity index (χ2n) is 4.61. The Labute approximate surface area is 110 Å². The molecular formula is C15H24N2O. The highest BCUT2D eigenvalue weighted by Gasteiger charge is 2.18. The first-order valence-electron chi connectivity index (χ1n) is 6.89. The Morgan fingerprint density at radius 3 is 2.44 bits per heavy atom. The van der Waals surface area contributed by atoms with Crippen LogP contribution in [-0.4, -0.2) is 10.1 Å². The van der Waals surface area contributed by atoms with Gasteiger partial charge in [-0.3, -0.25) is 0 Å². The van der Waals surface area contributed by atoms with Crippen LogP contribution in [0.25, 0.3) is 11.1 Å². The molecule has 100 valence electrons. The van der Waals surface area contributed by atoms with E-state index in [-0.39, 0.29) is 0 Å². The Bertz CT molecular complexity index is 488. The molecule has 18 heavy (non-hydrogen) atoms. The number of hydrogen-bond acceptors (Lipinski definition) is 3. The molecule has 0 aliphatic heterocycles. The lowest BCUT2D eigenvalue weighted by Gasteiger charge is -2.09. The van der Waals surface area contributed by atoms with Gasteiger partial charge >= 0.3 is 0 Å². The minimum Gasteiger partial charge on any atom is -0.336 e. The van der Waals surface area contributed by atoms with E-state index in [0.717, 1.165) is 17.5 Å². The second kappa shape index (κ2) is 6.53. The molecule has 0 amide bonds. The monoisotopic (exact) mass is 248 g/mol. The van der Waals surface area contributed by atoms with E-state index in [9.17, 15) is 0 Å². The van der Waals surface area contributed by atoms with Crippen molar-refractivity contribution in [1.29, 1.82) is 0 Å². The number of rotatable bonds is 3. The highest BCUT2D eigenvalue weighted by Crippen LogP contribution is 2.31. The first kappa shape index (κ1) is 14.7. The summed E-state index contributed by atoms with van der Waals surface area (Å²) in [4.78, 5) is 4.23. The van der Waals surface area contributed by atoms with Gasteiger partial charge in [-0.2, -0.15) is 0 Å². The van der Waals surface area contributed by atoms with Crippen LogP contribution < -0.4 is 0 Å². The lowest BCUT2D eigenvalue weighted by molar-refractivity contribution is 0.431. The molecule has 0 saturated carbocycles. The van der Waals surface area contributed by atoms with Crippen LogP contribution in [0.15, 0.2) is 16.8 Å². The van der Waals surface area contributed by atoms with E-state index in [2.05, 4.69) is 43.9 Å². The fourth-order valence-corrected chi connectivity index (χ4v) is 1.93. The molecule has 1 unspecified atom stereocenters. The molecule has 0 aromatic carbocycles. The predicted octanol–water partition coefficient (Wildman–Crippen LogP) is 4.89. The van der Waals surface area contributed by atoms with Gasteiger partial charge in [0.05, 0.1) is 11.1 Å². The third-order valence-corrected chi connectivity index (χ3v) is 3.14. The van der Waals surface area contributed by atoms with Gasteiger partial charge in [0, 0.05) is 12.1 Å². The van der Waals surface area contributed by atoms with E-state index < -0.39 is 0 Å². The molecule has 0 N–H and O–H groups in total. The van der Waals surface area contributed by atoms with Crippen molar-refractivity contribution in [2.75, 3.05) is 0 Å². The van der Waals surface area contributed by atoms with Gasteiger partial charge in [0.2, 0.25) is 0 Å². The van der Waals surface area contributed by atoms with Crippen molar-refractivity contribution in [3.8, 4) is 0 Å². The van der Waals surface area contributed by atoms with Gasteiger partial charge in [-0.15, -0.1) is 0 Å². The van der Waals surface area contributed by atoms with Crippen molar-refractivity contribution in [3.05, 3.63) is 23.5 Å². The summed E-state index contributed by atoms with van der Waals surface area (Å²) in [6.45, 7) is 12.7. The quantitative estimate of drug-likeness (QED) is 0.776. The second-order valence-corrected chi connectivity index (χ2v) is 4.61. The van der Waals surface area contributed by atoms with E-state index in [1.54, 1.807) is 6.20 Å². The van der Waals surface area contributed by atoms with Crippen LogP contribution in [0.2, 0.25) is 0 Å². The van der Waals surface area contributed by atoms with Gasteiger partial charge in [0.1, 0.15) is 0 Å². The van der Waals surface area contributed by atoms with Crippen molar-refractivity contribution >= 4 is 11.1 Å². The highest BCUT2D eigenvalue weighted by atomic mass is 16.5. The molecule has 0 saturated heterocycles. The molecular weight excluding hydrogens is 224 g/mol. The lowest BCUT2D eigenvalue weighted by Crippen LogP contribution is -1.96. The Kier molecular flexibility index (Phi) is 5.32. The van der Waals surface area contributed by atoms with E-state index in [1.165, 1.54) is 5.56 Å². The molecule has 3 heteroatoms. The topological polar surface area (TPSA) is 38.9 Å². The van der Waals surface area contributed by atoms with Gasteiger partial charge < -0.3 is 4.52 Å². The number of nitrogens with zero attached hydrogens (tertiary/aromatic N) is 2. The maximum atomic E-state index is 5.30. The van der Waals surface area contributed by atoms with Crippen LogP contribution in [0.4, 0.5) is 0 Å². The third-order valence-electron chi connectivity index (χ3n) is 3.14. The van der Waals surface area contributed by atoms with Crippen molar-refractivity contribution in [3.63, 3.8) is 0 Å². The molecule has 0 aliphatic rings. The van der Waals surface area contributed by atoms with Crippen LogP contribution in [0.1, 0.15) is 71.1 Å². The first-order valence-corrected chi connectivity index (χ1v) is 6.89. The molecule has 2 aromatic rings. The van der Waals surface area contributed by atoms with Gasteiger partial charge in [0.15, 0.2) is 0 Å². The summed E-state index contributed by atoms with van der Waals surface area (Å²) in [6.07, 6.45) is 2.86. The van der Waals surface area contributed by atoms with Gasteiger partial charge in [-0.1, -0.05) is 46.7 Å². The molecule has 0 spiro atoms. The average molecular weight is 248 g/mol. The molecule has 2 aromatic heterocycles. The molecule has 3 nitrogen and oxygen atoms in total. The zero-order chi connectivity index (χ0) is 13.7. The Morgan fingerprint density at radius 2 is 1.89 bits per heavy atom. The minimum atomic E-state index is 0.419. The van der Waals surface area contributed by atoms with Gasteiger partial charge in [-0.25, -0.2) is 4.98 Å². The lowest BCUT2D eigenvalue weighted by atomic mass is 9.95. The average Bonchev–Trinajstić information content (AvgIpc) is 2.83. The molecule has 0 aliphatic carbocycles. The standard InChI is InChI=1S/C13H18N2O.C2H6/c1-5-9(4)12-11-10(8(2)3)6-7-14-13(11)16-15-12;1-2/h6-9H,5H2,1-4H3;1-2H3. The number of aromatic nitrogens is 2. The summed E-state index contributed by atoms with van der Waals surface area (Å²) in [7, 11) is 0. The third kappa shape index (κ3) is 2.71. The summed E-state index contributed by atoms with van der Waals surface area (Å²) < 4.78 is 5.30. The molecule has 0 bridgehead atoms. The minimum absolute atomic E-state index is 0.419. The highest BCUT2D eigenvalue weighted by molar-refractivity contribution is 5.80. The van der Waals surface area contributed by atoms with Crippen LogP contribution in [0.3, 0.4) is 0 Å². The SMILES string of the molecule is CC.CCC(C)c1noc2nccc(C(C)C)c12. The summed E-state index contributed by atoms with van der Waals surface area (Å²) in [5, 5.41) is 5.29. The van der Waals surface area contributed by atoms with Crippen molar-refractivity contribution < 1.29 is 4.52 Å². The smallest absolute Gasteiger partial charge is 0.258 e. The summed E-state index contributed by atoms with van der Waals surface area (Å²) >= 11 is 0. The first-order chi connectivity index (χ1) is 8.65. The molecule has 1 atom stereocenters. The van der Waals surface area contributed by atoms with Crippen molar-refractivity contribution in [2.45, 2.75) is 59.8 Å². The van der Waals surface area contributed by atoms with Crippen LogP contribution >= 0.6 is 0 Å². The van der Waals surface area contributed by atoms with Gasteiger partial charge in [0.25, 0.3) is 5.71 Å². The fraction of sp³-hybridized carbons (Fsp3) is 0.600. The number of fused-ring (bicyclic) bond motifs is 1.